The number of nitrogens with one attached hydrogen (secondary N) is 4. The second kappa shape index (κ2) is 16.4. The molecule has 5 amide bonds. The summed E-state index contributed by atoms with van der Waals surface area (Å²) in [6, 6.07) is 20.2. The fourth-order valence-corrected chi connectivity index (χ4v) is 7.09. The van der Waals surface area contributed by atoms with Crippen LogP contribution in [0.5, 0.6) is 0 Å². The highest BCUT2D eigenvalue weighted by Crippen LogP contribution is 2.24. The van der Waals surface area contributed by atoms with Gasteiger partial charge in [-0.2, -0.15) is 0 Å². The highest BCUT2D eigenvalue weighted by molar-refractivity contribution is 6.30. The third-order valence-electron chi connectivity index (χ3n) is 9.73. The zero-order chi connectivity index (χ0) is 36.8. The van der Waals surface area contributed by atoms with Gasteiger partial charge in [-0.05, 0) is 54.7 Å². The lowest BCUT2D eigenvalue weighted by Gasteiger charge is -2.30. The molecule has 52 heavy (non-hydrogen) atoms. The summed E-state index contributed by atoms with van der Waals surface area (Å²) >= 11 is 6.04. The molecule has 5 N–H and O–H groups in total. The van der Waals surface area contributed by atoms with Crippen LogP contribution in [0.3, 0.4) is 0 Å². The molecule has 2 aliphatic rings. The van der Waals surface area contributed by atoms with Crippen LogP contribution < -0.4 is 16.0 Å². The molecule has 0 bridgehead atoms. The Morgan fingerprint density at radius 3 is 2.38 bits per heavy atom. The van der Waals surface area contributed by atoms with Gasteiger partial charge >= 0.3 is 0 Å². The van der Waals surface area contributed by atoms with Gasteiger partial charge in [0.25, 0.3) is 0 Å². The standard InChI is InChI=1S/C39H43ClN6O6/c1-24-37(50)44-33(26-9-3-2-4-10-26)22-45(36(49)13-7-8-25-14-16-28(40)17-15-25)23-35(48)43-32(18-27-20-41-31-12-6-5-11-30(27)31)39(52)46-21-29(47)19-34(46)38(51)42-24/h2-6,9-12,14-17,20,24,29,32-34,41,47H,7-8,13,18-19,21-23H2,1H3,(H,42,51)(H,43,48)(H,44,50)/t24-,29+,32+,33-,34-/m0/s1. The number of amides is 5. The summed E-state index contributed by atoms with van der Waals surface area (Å²) in [5.41, 5.74) is 3.35. The second-order valence-corrected chi connectivity index (χ2v) is 14.0. The molecule has 2 saturated heterocycles. The first-order chi connectivity index (χ1) is 25.0. The number of aromatic amines is 1. The van der Waals surface area contributed by atoms with Gasteiger partial charge in [0.2, 0.25) is 29.5 Å². The Bertz CT molecular complexity index is 1920. The van der Waals surface area contributed by atoms with Crippen LogP contribution in [-0.4, -0.2) is 93.3 Å². The number of H-pyrrole nitrogens is 1. The molecule has 2 aliphatic heterocycles. The first-order valence-electron chi connectivity index (χ1n) is 17.6. The van der Waals surface area contributed by atoms with Crippen LogP contribution in [0, 0.1) is 0 Å². The zero-order valence-electron chi connectivity index (χ0n) is 28.9. The van der Waals surface area contributed by atoms with Gasteiger partial charge in [-0.3, -0.25) is 24.0 Å². The van der Waals surface area contributed by atoms with E-state index >= 15 is 0 Å². The number of aliphatic hydroxyl groups excluding tert-OH is 1. The van der Waals surface area contributed by atoms with E-state index in [0.717, 1.165) is 22.0 Å². The molecule has 0 radical (unpaired) electrons. The van der Waals surface area contributed by atoms with Crippen LogP contribution >= 0.6 is 11.6 Å². The van der Waals surface area contributed by atoms with Gasteiger partial charge in [0.1, 0.15) is 18.1 Å². The van der Waals surface area contributed by atoms with Crippen LogP contribution in [0.2, 0.25) is 5.02 Å². The minimum atomic E-state index is -1.12. The Hall–Kier alpha value is -5.20. The summed E-state index contributed by atoms with van der Waals surface area (Å²) in [4.78, 5) is 75.3. The summed E-state index contributed by atoms with van der Waals surface area (Å²) in [6.45, 7) is 1.00. The molecule has 5 atom stereocenters. The largest absolute Gasteiger partial charge is 0.391 e. The Morgan fingerprint density at radius 1 is 0.885 bits per heavy atom. The number of aliphatic hydroxyl groups is 1. The fraction of sp³-hybridized carbons (Fsp3) is 0.359. The Balaban J connectivity index is 1.32. The number of aryl methyl sites for hydroxylation is 1. The number of carbonyl (C=O) groups excluding carboxylic acids is 5. The van der Waals surface area contributed by atoms with Crippen LogP contribution in [0.15, 0.2) is 85.1 Å². The second-order valence-electron chi connectivity index (χ2n) is 13.5. The highest BCUT2D eigenvalue weighted by atomic mass is 35.5. The summed E-state index contributed by atoms with van der Waals surface area (Å²) in [5.74, 6) is -2.53. The van der Waals surface area contributed by atoms with Gasteiger partial charge in [-0.1, -0.05) is 72.3 Å². The van der Waals surface area contributed by atoms with Gasteiger partial charge < -0.3 is 35.8 Å². The molecule has 2 fully saturated rings. The molecule has 3 heterocycles. The van der Waals surface area contributed by atoms with E-state index in [1.54, 1.807) is 18.3 Å². The molecule has 0 aliphatic carbocycles. The number of aromatic nitrogens is 1. The zero-order valence-corrected chi connectivity index (χ0v) is 29.6. The molecular formula is C39H43ClN6O6. The van der Waals surface area contributed by atoms with E-state index in [9.17, 15) is 29.1 Å². The van der Waals surface area contributed by atoms with Crippen LogP contribution in [0.4, 0.5) is 0 Å². The fourth-order valence-electron chi connectivity index (χ4n) is 6.96. The van der Waals surface area contributed by atoms with Crippen molar-refractivity contribution in [3.8, 4) is 0 Å². The predicted molar refractivity (Wildman–Crippen MR) is 196 cm³/mol. The maximum atomic E-state index is 14.3. The number of hydrogen-bond donors (Lipinski definition) is 5. The summed E-state index contributed by atoms with van der Waals surface area (Å²) in [7, 11) is 0. The number of rotatable bonds is 7. The maximum absolute atomic E-state index is 14.3. The van der Waals surface area contributed by atoms with Crippen LogP contribution in [0.1, 0.15) is 48.9 Å². The monoisotopic (exact) mass is 726 g/mol. The van der Waals surface area contributed by atoms with Crippen LogP contribution in [-0.2, 0) is 36.8 Å². The smallest absolute Gasteiger partial charge is 0.246 e. The van der Waals surface area contributed by atoms with Gasteiger partial charge in [-0.25, -0.2) is 0 Å². The average molecular weight is 727 g/mol. The molecule has 4 aromatic rings. The van der Waals surface area contributed by atoms with Gasteiger partial charge in [-0.15, -0.1) is 0 Å². The molecule has 0 spiro atoms. The quantitative estimate of drug-likeness (QED) is 0.197. The van der Waals surface area contributed by atoms with E-state index in [1.807, 2.05) is 66.7 Å². The van der Waals surface area contributed by atoms with Gasteiger partial charge in [0.05, 0.1) is 18.7 Å². The summed E-state index contributed by atoms with van der Waals surface area (Å²) < 4.78 is 0. The summed E-state index contributed by atoms with van der Waals surface area (Å²) in [6.07, 6.45) is 2.12. The molecule has 12 nitrogen and oxygen atoms in total. The third-order valence-corrected chi connectivity index (χ3v) is 9.98. The van der Waals surface area contributed by atoms with E-state index in [4.69, 9.17) is 11.6 Å². The first-order valence-corrected chi connectivity index (χ1v) is 17.9. The Morgan fingerprint density at radius 2 is 1.62 bits per heavy atom. The van der Waals surface area contributed by atoms with E-state index in [2.05, 4.69) is 20.9 Å². The van der Waals surface area contributed by atoms with Crippen LogP contribution in [0.25, 0.3) is 10.9 Å². The Kier molecular flexibility index (Phi) is 11.6. The van der Waals surface area contributed by atoms with Crippen molar-refractivity contribution in [1.82, 2.24) is 30.7 Å². The highest BCUT2D eigenvalue weighted by Gasteiger charge is 2.42. The van der Waals surface area contributed by atoms with Gasteiger partial charge in [0, 0.05) is 54.5 Å². The van der Waals surface area contributed by atoms with E-state index in [1.165, 1.54) is 16.7 Å². The number of fused-ring (bicyclic) bond motifs is 2. The van der Waals surface area contributed by atoms with Crippen molar-refractivity contribution < 1.29 is 29.1 Å². The lowest BCUT2D eigenvalue weighted by molar-refractivity contribution is -0.142. The number of carbonyl (C=O) groups is 5. The minimum Gasteiger partial charge on any atom is -0.391 e. The van der Waals surface area contributed by atoms with E-state index in [-0.39, 0.29) is 44.8 Å². The lowest BCUT2D eigenvalue weighted by Crippen LogP contribution is -2.56. The van der Waals surface area contributed by atoms with Crippen molar-refractivity contribution >= 4 is 52.0 Å². The molecule has 272 valence electrons. The molecule has 0 unspecified atom stereocenters. The minimum absolute atomic E-state index is 0.0232. The SMILES string of the molecule is C[C@@H]1NC(=O)[C@@H]2C[C@@H](O)CN2C(=O)[C@@H](Cc2c[nH]c3ccccc23)NC(=O)CN(C(=O)CCCc2ccc(Cl)cc2)C[C@@H](c2ccccc2)NC1=O. The summed E-state index contributed by atoms with van der Waals surface area (Å²) in [5, 5.41) is 20.7. The van der Waals surface area contributed by atoms with Crippen molar-refractivity contribution in [2.24, 2.45) is 0 Å². The average Bonchev–Trinajstić information content (AvgIpc) is 3.74. The van der Waals surface area contributed by atoms with E-state index < -0.39 is 53.9 Å². The number of para-hydroxylation sites is 1. The van der Waals surface area contributed by atoms with Crippen molar-refractivity contribution in [1.29, 1.82) is 0 Å². The number of hydrogen-bond acceptors (Lipinski definition) is 6. The first kappa shape index (κ1) is 36.6. The van der Waals surface area contributed by atoms with Crippen molar-refractivity contribution in [2.45, 2.75) is 69.3 Å². The van der Waals surface area contributed by atoms with Crippen molar-refractivity contribution in [3.05, 3.63) is 107 Å². The number of benzene rings is 3. The Labute approximate surface area is 306 Å². The molecule has 0 saturated carbocycles. The maximum Gasteiger partial charge on any atom is 0.246 e. The molecule has 1 aromatic heterocycles. The van der Waals surface area contributed by atoms with Crippen molar-refractivity contribution in [3.63, 3.8) is 0 Å². The molecule has 3 aromatic carbocycles. The topological polar surface area (TPSA) is 164 Å². The number of halogens is 1. The van der Waals surface area contributed by atoms with Gasteiger partial charge in [0.15, 0.2) is 0 Å². The lowest BCUT2D eigenvalue weighted by atomic mass is 10.0. The molecular weight excluding hydrogens is 684 g/mol. The third kappa shape index (κ3) is 8.80. The molecule has 13 heteroatoms. The van der Waals surface area contributed by atoms with Crippen molar-refractivity contribution in [2.75, 3.05) is 19.6 Å². The van der Waals surface area contributed by atoms with E-state index in [0.29, 0.717) is 23.4 Å². The molecule has 6 rings (SSSR count). The predicted octanol–water partition coefficient (Wildman–Crippen LogP) is 3.04. The number of nitrogens with zero attached hydrogens (tertiary/aromatic N) is 2. The normalized spacial score (nSPS) is 23.3.